The van der Waals surface area contributed by atoms with Crippen molar-refractivity contribution >= 4 is 5.91 Å². The smallest absolute Gasteiger partial charge is 0.251 e. The number of aliphatic hydroxyl groups is 2. The number of likely N-dealkylation sites (N-methyl/N-ethyl adjacent to an activating group) is 1. The van der Waals surface area contributed by atoms with Crippen molar-refractivity contribution < 1.29 is 24.5 Å². The fourth-order valence-corrected chi connectivity index (χ4v) is 2.43. The Morgan fingerprint density at radius 1 is 1.38 bits per heavy atom. The maximum atomic E-state index is 12.2. The largest absolute Gasteiger partial charge is 0.492 e. The third-order valence-electron chi connectivity index (χ3n) is 3.93. The number of rotatable bonds is 7. The first-order chi connectivity index (χ1) is 11.5. The van der Waals surface area contributed by atoms with Gasteiger partial charge in [-0.3, -0.25) is 4.79 Å². The molecule has 0 aromatic heterocycles. The first kappa shape index (κ1) is 18.7. The zero-order valence-electron chi connectivity index (χ0n) is 14.1. The molecule has 0 spiro atoms. The second-order valence-electron chi connectivity index (χ2n) is 6.25. The molecule has 1 aliphatic rings. The molecule has 134 valence electrons. The summed E-state index contributed by atoms with van der Waals surface area (Å²) in [7, 11) is 3.93. The van der Waals surface area contributed by atoms with Gasteiger partial charge in [0.05, 0.1) is 19.3 Å². The first-order valence-electron chi connectivity index (χ1n) is 8.07. The van der Waals surface area contributed by atoms with Gasteiger partial charge in [0.15, 0.2) is 0 Å². The van der Waals surface area contributed by atoms with Gasteiger partial charge < -0.3 is 29.9 Å². The van der Waals surface area contributed by atoms with Gasteiger partial charge in [0.2, 0.25) is 0 Å². The highest BCUT2D eigenvalue weighted by atomic mass is 16.5. The van der Waals surface area contributed by atoms with E-state index in [-0.39, 0.29) is 25.0 Å². The lowest BCUT2D eigenvalue weighted by molar-refractivity contribution is -0.118. The van der Waals surface area contributed by atoms with Gasteiger partial charge in [-0.2, -0.15) is 0 Å². The van der Waals surface area contributed by atoms with E-state index in [1.54, 1.807) is 18.2 Å². The molecule has 1 aromatic rings. The van der Waals surface area contributed by atoms with E-state index in [1.165, 1.54) is 0 Å². The average Bonchev–Trinajstić information content (AvgIpc) is 2.56. The van der Waals surface area contributed by atoms with Crippen LogP contribution >= 0.6 is 0 Å². The highest BCUT2D eigenvalue weighted by molar-refractivity contribution is 5.94. The molecule has 1 saturated heterocycles. The molecule has 1 heterocycles. The van der Waals surface area contributed by atoms with E-state index in [9.17, 15) is 15.0 Å². The van der Waals surface area contributed by atoms with E-state index in [0.717, 1.165) is 6.54 Å². The van der Waals surface area contributed by atoms with Crippen LogP contribution in [0.3, 0.4) is 0 Å². The van der Waals surface area contributed by atoms with E-state index in [2.05, 4.69) is 5.32 Å². The Morgan fingerprint density at radius 2 is 2.17 bits per heavy atom. The van der Waals surface area contributed by atoms with Gasteiger partial charge in [0, 0.05) is 24.6 Å². The van der Waals surface area contributed by atoms with Crippen LogP contribution in [0.5, 0.6) is 5.75 Å². The molecule has 0 bridgehead atoms. The molecule has 1 amide bonds. The fourth-order valence-electron chi connectivity index (χ4n) is 2.43. The highest BCUT2D eigenvalue weighted by Crippen LogP contribution is 2.16. The van der Waals surface area contributed by atoms with Crippen LogP contribution in [0.2, 0.25) is 0 Å². The molecule has 3 atom stereocenters. The number of carbonyl (C=O) groups is 1. The van der Waals surface area contributed by atoms with Gasteiger partial charge in [-0.1, -0.05) is 6.07 Å². The van der Waals surface area contributed by atoms with Crippen LogP contribution in [0.1, 0.15) is 10.4 Å². The number of nitrogens with one attached hydrogen (secondary N) is 1. The Kier molecular flexibility index (Phi) is 6.99. The van der Waals surface area contributed by atoms with Crippen LogP contribution in [-0.4, -0.2) is 80.2 Å². The standard InChI is InChI=1S/C17H26N2O5/c1-19(2)6-7-24-14-5-3-4-12(8-14)17(22)18-9-13-10-23-11-15(20)16(13)21/h3-5,8,13,15-16,20-21H,6-7,9-11H2,1-2H3,(H,18,22)/t13-,15-,16+/m1/s1. The number of carbonyl (C=O) groups excluding carboxylic acids is 1. The maximum Gasteiger partial charge on any atom is 0.251 e. The lowest BCUT2D eigenvalue weighted by Crippen LogP contribution is -2.48. The summed E-state index contributed by atoms with van der Waals surface area (Å²) in [5, 5.41) is 22.2. The Bertz CT molecular complexity index is 537. The number of benzene rings is 1. The van der Waals surface area contributed by atoms with E-state index in [0.29, 0.717) is 24.5 Å². The third kappa shape index (κ3) is 5.45. The van der Waals surface area contributed by atoms with Gasteiger partial charge in [0.25, 0.3) is 5.91 Å². The van der Waals surface area contributed by atoms with Crippen LogP contribution < -0.4 is 10.1 Å². The number of nitrogens with zero attached hydrogens (tertiary/aromatic N) is 1. The summed E-state index contributed by atoms with van der Waals surface area (Å²) >= 11 is 0. The molecular formula is C17H26N2O5. The first-order valence-corrected chi connectivity index (χ1v) is 8.07. The van der Waals surface area contributed by atoms with Crippen LogP contribution in [-0.2, 0) is 4.74 Å². The number of aliphatic hydroxyl groups excluding tert-OH is 2. The Labute approximate surface area is 142 Å². The summed E-state index contributed by atoms with van der Waals surface area (Å²) in [5.74, 6) is 0.0681. The van der Waals surface area contributed by atoms with Crippen LogP contribution in [0, 0.1) is 5.92 Å². The molecule has 0 aliphatic carbocycles. The van der Waals surface area contributed by atoms with Crippen molar-refractivity contribution in [2.75, 3.05) is 47.0 Å². The number of hydrogen-bond donors (Lipinski definition) is 3. The van der Waals surface area contributed by atoms with E-state index < -0.39 is 12.2 Å². The molecule has 24 heavy (non-hydrogen) atoms. The van der Waals surface area contributed by atoms with Crippen molar-refractivity contribution in [1.29, 1.82) is 0 Å². The number of ether oxygens (including phenoxy) is 2. The molecule has 7 nitrogen and oxygen atoms in total. The lowest BCUT2D eigenvalue weighted by Gasteiger charge is -2.31. The van der Waals surface area contributed by atoms with Gasteiger partial charge in [0.1, 0.15) is 18.5 Å². The van der Waals surface area contributed by atoms with Crippen molar-refractivity contribution in [2.24, 2.45) is 5.92 Å². The van der Waals surface area contributed by atoms with Crippen LogP contribution in [0.15, 0.2) is 24.3 Å². The molecule has 3 N–H and O–H groups in total. The lowest BCUT2D eigenvalue weighted by atomic mass is 9.96. The monoisotopic (exact) mass is 338 g/mol. The second-order valence-corrected chi connectivity index (χ2v) is 6.25. The average molecular weight is 338 g/mol. The fraction of sp³-hybridized carbons (Fsp3) is 0.588. The van der Waals surface area contributed by atoms with Crippen molar-refractivity contribution in [3.63, 3.8) is 0 Å². The summed E-state index contributed by atoms with van der Waals surface area (Å²) in [6.45, 7) is 2.01. The summed E-state index contributed by atoms with van der Waals surface area (Å²) in [4.78, 5) is 14.3. The Morgan fingerprint density at radius 3 is 2.92 bits per heavy atom. The zero-order valence-corrected chi connectivity index (χ0v) is 14.1. The summed E-state index contributed by atoms with van der Waals surface area (Å²) in [6.07, 6.45) is -1.80. The van der Waals surface area contributed by atoms with Gasteiger partial charge in [-0.25, -0.2) is 0 Å². The van der Waals surface area contributed by atoms with Crippen LogP contribution in [0.4, 0.5) is 0 Å². The maximum absolute atomic E-state index is 12.2. The van der Waals surface area contributed by atoms with Crippen LogP contribution in [0.25, 0.3) is 0 Å². The molecule has 1 fully saturated rings. The van der Waals surface area contributed by atoms with E-state index >= 15 is 0 Å². The molecular weight excluding hydrogens is 312 g/mol. The van der Waals surface area contributed by atoms with Crippen molar-refractivity contribution in [1.82, 2.24) is 10.2 Å². The topological polar surface area (TPSA) is 91.3 Å². The summed E-state index contributed by atoms with van der Waals surface area (Å²) in [6, 6.07) is 6.97. The molecule has 2 rings (SSSR count). The minimum Gasteiger partial charge on any atom is -0.492 e. The molecule has 0 saturated carbocycles. The minimum absolute atomic E-state index is 0.123. The SMILES string of the molecule is CN(C)CCOc1cccc(C(=O)NC[C@@H]2COC[C@@H](O)[C@H]2O)c1. The normalized spacial score (nSPS) is 24.0. The highest BCUT2D eigenvalue weighted by Gasteiger charge is 2.31. The van der Waals surface area contributed by atoms with E-state index in [1.807, 2.05) is 25.1 Å². The van der Waals surface area contributed by atoms with Crippen molar-refractivity contribution in [2.45, 2.75) is 12.2 Å². The molecule has 7 heteroatoms. The van der Waals surface area contributed by atoms with E-state index in [4.69, 9.17) is 9.47 Å². The third-order valence-corrected chi connectivity index (χ3v) is 3.93. The predicted molar refractivity (Wildman–Crippen MR) is 89.1 cm³/mol. The minimum atomic E-state index is -0.908. The predicted octanol–water partition coefficient (Wildman–Crippen LogP) is -0.275. The van der Waals surface area contributed by atoms with Crippen molar-refractivity contribution in [3.8, 4) is 5.75 Å². The van der Waals surface area contributed by atoms with Gasteiger partial charge in [-0.05, 0) is 32.3 Å². The quantitative estimate of drug-likeness (QED) is 0.634. The molecule has 0 radical (unpaired) electrons. The Balaban J connectivity index is 1.85. The van der Waals surface area contributed by atoms with Gasteiger partial charge >= 0.3 is 0 Å². The molecule has 1 aliphatic heterocycles. The van der Waals surface area contributed by atoms with Gasteiger partial charge in [-0.15, -0.1) is 0 Å². The summed E-state index contributed by atoms with van der Waals surface area (Å²) in [5.41, 5.74) is 0.490. The second kappa shape index (κ2) is 8.98. The van der Waals surface area contributed by atoms with Crippen molar-refractivity contribution in [3.05, 3.63) is 29.8 Å². The molecule has 0 unspecified atom stereocenters. The Hall–Kier alpha value is -1.67. The number of hydrogen-bond acceptors (Lipinski definition) is 6. The summed E-state index contributed by atoms with van der Waals surface area (Å²) < 4.78 is 10.8. The number of amides is 1. The molecule has 1 aromatic carbocycles. The zero-order chi connectivity index (χ0) is 17.5.